The van der Waals surface area contributed by atoms with Gasteiger partial charge in [0.15, 0.2) is 0 Å². The van der Waals surface area contributed by atoms with E-state index in [9.17, 15) is 14.0 Å². The zero-order valence-electron chi connectivity index (χ0n) is 16.3. The number of hydrogen-bond donors (Lipinski definition) is 0. The number of methoxy groups -OCH3 is 1. The van der Waals surface area contributed by atoms with Gasteiger partial charge in [0.25, 0.3) is 5.67 Å². The molecule has 0 bridgehead atoms. The fourth-order valence-corrected chi connectivity index (χ4v) is 3.89. The Hall–Kier alpha value is -1.91. The lowest BCUT2D eigenvalue weighted by molar-refractivity contribution is -0.179. The van der Waals surface area contributed by atoms with Gasteiger partial charge >= 0.3 is 11.9 Å². The molecular formula is C21H29FO4. The Morgan fingerprint density at radius 3 is 2.27 bits per heavy atom. The molecule has 0 heterocycles. The average molecular weight is 364 g/mol. The number of carbonyl (C=O) groups excluding carboxylic acids is 2. The number of alkyl halides is 1. The molecule has 1 aliphatic carbocycles. The zero-order chi connectivity index (χ0) is 19.5. The topological polar surface area (TPSA) is 52.6 Å². The van der Waals surface area contributed by atoms with Gasteiger partial charge in [0.2, 0.25) is 0 Å². The molecule has 0 amide bonds. The van der Waals surface area contributed by atoms with Gasteiger partial charge in [-0.25, -0.2) is 14.0 Å². The lowest BCUT2D eigenvalue weighted by Crippen LogP contribution is -2.48. The third-order valence-corrected chi connectivity index (χ3v) is 5.71. The van der Waals surface area contributed by atoms with Gasteiger partial charge in [-0.05, 0) is 36.7 Å². The Bertz CT molecular complexity index is 639. The minimum absolute atomic E-state index is 0.0403. The van der Waals surface area contributed by atoms with E-state index in [1.165, 1.54) is 0 Å². The summed E-state index contributed by atoms with van der Waals surface area (Å²) in [6, 6.07) is 10.1. The second kappa shape index (κ2) is 7.77. The van der Waals surface area contributed by atoms with E-state index in [1.807, 2.05) is 18.2 Å². The van der Waals surface area contributed by atoms with Crippen molar-refractivity contribution in [1.82, 2.24) is 0 Å². The third kappa shape index (κ3) is 4.08. The molecule has 4 atom stereocenters. The predicted molar refractivity (Wildman–Crippen MR) is 97.4 cm³/mol. The molecule has 0 radical (unpaired) electrons. The molecule has 1 unspecified atom stereocenters. The van der Waals surface area contributed by atoms with E-state index in [1.54, 1.807) is 0 Å². The van der Waals surface area contributed by atoms with E-state index >= 15 is 0 Å². The van der Waals surface area contributed by atoms with Gasteiger partial charge in [0.05, 0.1) is 7.11 Å². The molecule has 144 valence electrons. The van der Waals surface area contributed by atoms with Crippen LogP contribution in [0.2, 0.25) is 0 Å². The molecule has 1 fully saturated rings. The van der Waals surface area contributed by atoms with Crippen molar-refractivity contribution >= 4 is 11.9 Å². The highest BCUT2D eigenvalue weighted by atomic mass is 19.1. The summed E-state index contributed by atoms with van der Waals surface area (Å²) in [6.45, 7) is 7.24. The summed E-state index contributed by atoms with van der Waals surface area (Å²) in [4.78, 5) is 23.9. The summed E-state index contributed by atoms with van der Waals surface area (Å²) < 4.78 is 24.5. The number of carbonyl (C=O) groups is 2. The van der Waals surface area contributed by atoms with Gasteiger partial charge in [0.1, 0.15) is 6.10 Å². The summed E-state index contributed by atoms with van der Waals surface area (Å²) in [5.74, 6) is -1.99. The molecule has 26 heavy (non-hydrogen) atoms. The molecule has 5 heteroatoms. The fraction of sp³-hybridized carbons (Fsp3) is 0.619. The molecule has 1 aromatic carbocycles. The Morgan fingerprint density at radius 1 is 1.08 bits per heavy atom. The molecule has 2 rings (SSSR count). The minimum Gasteiger partial charge on any atom is -0.466 e. The van der Waals surface area contributed by atoms with Gasteiger partial charge < -0.3 is 9.47 Å². The van der Waals surface area contributed by atoms with Crippen LogP contribution in [0.3, 0.4) is 0 Å². The van der Waals surface area contributed by atoms with Crippen LogP contribution in [0.4, 0.5) is 4.39 Å². The third-order valence-electron chi connectivity index (χ3n) is 5.71. The summed E-state index contributed by atoms with van der Waals surface area (Å²) in [5.41, 5.74) is -1.89. The first-order valence-corrected chi connectivity index (χ1v) is 9.14. The Labute approximate surface area is 155 Å². The maximum atomic E-state index is 14.5. The summed E-state index contributed by atoms with van der Waals surface area (Å²) in [5, 5.41) is 0. The summed E-state index contributed by atoms with van der Waals surface area (Å²) >= 11 is 0. The molecule has 1 aromatic rings. The number of esters is 2. The van der Waals surface area contributed by atoms with Crippen LogP contribution in [0.15, 0.2) is 30.3 Å². The van der Waals surface area contributed by atoms with Gasteiger partial charge in [-0.1, -0.05) is 57.5 Å². The molecule has 0 N–H and O–H groups in total. The van der Waals surface area contributed by atoms with Crippen molar-refractivity contribution in [3.8, 4) is 0 Å². The number of ether oxygens (including phenoxy) is 2. The fourth-order valence-electron chi connectivity index (χ4n) is 3.89. The summed E-state index contributed by atoms with van der Waals surface area (Å²) in [6.07, 6.45) is 2.12. The largest absolute Gasteiger partial charge is 0.466 e. The van der Waals surface area contributed by atoms with Gasteiger partial charge in [-0.2, -0.15) is 0 Å². The predicted octanol–water partition coefficient (Wildman–Crippen LogP) is 4.21. The van der Waals surface area contributed by atoms with E-state index < -0.39 is 23.7 Å². The Balaban J connectivity index is 2.26. The second-order valence-electron chi connectivity index (χ2n) is 8.05. The molecule has 1 aliphatic rings. The minimum atomic E-state index is -2.79. The van der Waals surface area contributed by atoms with Crippen molar-refractivity contribution in [1.29, 1.82) is 0 Å². The first-order valence-electron chi connectivity index (χ1n) is 9.14. The van der Waals surface area contributed by atoms with E-state index in [4.69, 9.17) is 4.74 Å². The highest BCUT2D eigenvalue weighted by Crippen LogP contribution is 2.44. The normalized spacial score (nSPS) is 25.8. The first kappa shape index (κ1) is 20.4. The molecule has 0 aliphatic heterocycles. The van der Waals surface area contributed by atoms with Crippen molar-refractivity contribution in [3.05, 3.63) is 35.9 Å². The van der Waals surface area contributed by atoms with Crippen molar-refractivity contribution in [2.24, 2.45) is 11.8 Å². The Kier molecular flexibility index (Phi) is 6.09. The lowest BCUT2D eigenvalue weighted by Gasteiger charge is -2.44. The lowest BCUT2D eigenvalue weighted by atomic mass is 9.64. The second-order valence-corrected chi connectivity index (χ2v) is 8.05. The first-order chi connectivity index (χ1) is 12.1. The van der Waals surface area contributed by atoms with Crippen LogP contribution in [-0.2, 0) is 24.5 Å². The highest BCUT2D eigenvalue weighted by molar-refractivity contribution is 6.02. The molecule has 0 spiro atoms. The summed E-state index contributed by atoms with van der Waals surface area (Å²) in [7, 11) is 1.05. The van der Waals surface area contributed by atoms with E-state index in [2.05, 4.69) is 37.6 Å². The van der Waals surface area contributed by atoms with Crippen molar-refractivity contribution in [2.75, 3.05) is 7.11 Å². The van der Waals surface area contributed by atoms with Crippen molar-refractivity contribution in [2.45, 2.75) is 64.1 Å². The maximum absolute atomic E-state index is 14.5. The van der Waals surface area contributed by atoms with Crippen LogP contribution in [0.25, 0.3) is 0 Å². The number of hydrogen-bond acceptors (Lipinski definition) is 4. The molecule has 0 aromatic heterocycles. The van der Waals surface area contributed by atoms with Gasteiger partial charge in [-0.15, -0.1) is 0 Å². The van der Waals surface area contributed by atoms with Crippen LogP contribution in [0, 0.1) is 11.8 Å². The molecule has 0 saturated heterocycles. The van der Waals surface area contributed by atoms with Crippen molar-refractivity contribution in [3.63, 3.8) is 0 Å². The number of rotatable bonds is 5. The molecule has 1 saturated carbocycles. The monoisotopic (exact) mass is 364 g/mol. The van der Waals surface area contributed by atoms with Crippen LogP contribution >= 0.6 is 0 Å². The van der Waals surface area contributed by atoms with Crippen LogP contribution in [0.5, 0.6) is 0 Å². The standard InChI is InChI=1S/C21H29FO4/c1-14-11-12-16(20(2,3)15-9-7-6-8-10-15)17(13-14)26-19(24)21(4,22)18(23)25-5/h6-10,14,16-17H,11-13H2,1-5H3/t14-,16-,17-,21?/m1/s1. The maximum Gasteiger partial charge on any atom is 0.355 e. The highest BCUT2D eigenvalue weighted by Gasteiger charge is 2.48. The Morgan fingerprint density at radius 2 is 1.69 bits per heavy atom. The number of benzene rings is 1. The quantitative estimate of drug-likeness (QED) is 0.580. The van der Waals surface area contributed by atoms with Crippen molar-refractivity contribution < 1.29 is 23.5 Å². The van der Waals surface area contributed by atoms with Gasteiger partial charge in [0, 0.05) is 5.92 Å². The average Bonchev–Trinajstić information content (AvgIpc) is 2.61. The van der Waals surface area contributed by atoms with Crippen LogP contribution in [-0.4, -0.2) is 30.8 Å². The van der Waals surface area contributed by atoms with Gasteiger partial charge in [-0.3, -0.25) is 0 Å². The van der Waals surface area contributed by atoms with Crippen LogP contribution < -0.4 is 0 Å². The molecule has 4 nitrogen and oxygen atoms in total. The van der Waals surface area contributed by atoms with E-state index in [0.29, 0.717) is 12.3 Å². The number of halogens is 1. The van der Waals surface area contributed by atoms with E-state index in [0.717, 1.165) is 32.4 Å². The molecular weight excluding hydrogens is 335 g/mol. The smallest absolute Gasteiger partial charge is 0.355 e. The SMILES string of the molecule is COC(=O)C(C)(F)C(=O)O[C@@H]1C[C@H](C)CC[C@H]1C(C)(C)c1ccccc1. The van der Waals surface area contributed by atoms with Crippen LogP contribution in [0.1, 0.15) is 52.5 Å². The van der Waals surface area contributed by atoms with E-state index in [-0.39, 0.29) is 11.3 Å². The zero-order valence-corrected chi connectivity index (χ0v) is 16.3.